The van der Waals surface area contributed by atoms with Gasteiger partial charge in [-0.1, -0.05) is 11.2 Å². The lowest BCUT2D eigenvalue weighted by Crippen LogP contribution is -2.24. The van der Waals surface area contributed by atoms with E-state index in [0.717, 1.165) is 16.8 Å². The summed E-state index contributed by atoms with van der Waals surface area (Å²) in [7, 11) is -3.67. The van der Waals surface area contributed by atoms with Gasteiger partial charge in [-0.2, -0.15) is 0 Å². The summed E-state index contributed by atoms with van der Waals surface area (Å²) in [6.45, 7) is 3.92. The van der Waals surface area contributed by atoms with Crippen LogP contribution in [-0.4, -0.2) is 20.4 Å². The molecule has 1 N–H and O–H groups in total. The Hall–Kier alpha value is -2.84. The van der Waals surface area contributed by atoms with E-state index in [4.69, 9.17) is 14.0 Å². The van der Waals surface area contributed by atoms with Crippen molar-refractivity contribution in [3.63, 3.8) is 0 Å². The molecule has 0 radical (unpaired) electrons. The summed E-state index contributed by atoms with van der Waals surface area (Å²) in [4.78, 5) is 0.225. The molecule has 0 unspecified atom stereocenters. The molecular weight excluding hydrogens is 368 g/mol. The maximum Gasteiger partial charge on any atom is 0.241 e. The van der Waals surface area contributed by atoms with E-state index >= 15 is 0 Å². The van der Waals surface area contributed by atoms with Crippen molar-refractivity contribution in [2.75, 3.05) is 6.79 Å². The molecule has 2 aromatic carbocycles. The monoisotopic (exact) mass is 386 g/mol. The average molecular weight is 386 g/mol. The molecule has 27 heavy (non-hydrogen) atoms. The number of hydrogen-bond acceptors (Lipinski definition) is 6. The Balaban J connectivity index is 1.53. The van der Waals surface area contributed by atoms with E-state index in [2.05, 4.69) is 9.88 Å². The van der Waals surface area contributed by atoms with Crippen molar-refractivity contribution in [2.45, 2.75) is 25.3 Å². The van der Waals surface area contributed by atoms with Gasteiger partial charge < -0.3 is 14.0 Å². The summed E-state index contributed by atoms with van der Waals surface area (Å²) in [5, 5.41) is 3.86. The number of sulfonamides is 1. The first-order valence-corrected chi connectivity index (χ1v) is 9.83. The zero-order valence-corrected chi connectivity index (χ0v) is 15.7. The van der Waals surface area contributed by atoms with Crippen LogP contribution in [0, 0.1) is 13.8 Å². The molecule has 0 saturated heterocycles. The van der Waals surface area contributed by atoms with Gasteiger partial charge in [0, 0.05) is 18.2 Å². The van der Waals surface area contributed by atoms with E-state index in [1.807, 2.05) is 6.92 Å². The molecule has 7 nitrogen and oxygen atoms in total. The van der Waals surface area contributed by atoms with Crippen LogP contribution in [0.1, 0.15) is 16.8 Å². The van der Waals surface area contributed by atoms with Crippen LogP contribution in [0.5, 0.6) is 11.5 Å². The maximum absolute atomic E-state index is 12.7. The molecule has 0 saturated carbocycles. The largest absolute Gasteiger partial charge is 0.454 e. The fraction of sp³-hybridized carbons (Fsp3) is 0.211. The van der Waals surface area contributed by atoms with Gasteiger partial charge in [0.25, 0.3) is 0 Å². The smallest absolute Gasteiger partial charge is 0.241 e. The van der Waals surface area contributed by atoms with Crippen LogP contribution in [0.15, 0.2) is 51.9 Å². The third-order valence-corrected chi connectivity index (χ3v) is 5.84. The first-order chi connectivity index (χ1) is 12.9. The Labute approximate surface area is 157 Å². The maximum atomic E-state index is 12.7. The fourth-order valence-electron chi connectivity index (χ4n) is 2.91. The number of fused-ring (bicyclic) bond motifs is 1. The molecule has 140 valence electrons. The Morgan fingerprint density at radius 1 is 1.04 bits per heavy atom. The van der Waals surface area contributed by atoms with Crippen molar-refractivity contribution in [2.24, 2.45) is 0 Å². The number of aryl methyl sites for hydroxylation is 2. The predicted molar refractivity (Wildman–Crippen MR) is 98.0 cm³/mol. The highest BCUT2D eigenvalue weighted by Crippen LogP contribution is 2.32. The molecule has 8 heteroatoms. The van der Waals surface area contributed by atoms with E-state index in [9.17, 15) is 8.42 Å². The minimum absolute atomic E-state index is 0.154. The summed E-state index contributed by atoms with van der Waals surface area (Å²) in [5.41, 5.74) is 2.96. The van der Waals surface area contributed by atoms with Crippen molar-refractivity contribution < 1.29 is 22.4 Å². The van der Waals surface area contributed by atoms with E-state index in [0.29, 0.717) is 22.8 Å². The number of benzene rings is 2. The number of nitrogens with one attached hydrogen (secondary N) is 1. The van der Waals surface area contributed by atoms with Crippen LogP contribution in [0.4, 0.5) is 0 Å². The van der Waals surface area contributed by atoms with Crippen LogP contribution in [-0.2, 0) is 16.6 Å². The molecule has 1 aromatic heterocycles. The zero-order chi connectivity index (χ0) is 19.0. The molecule has 4 rings (SSSR count). The third kappa shape index (κ3) is 3.54. The lowest BCUT2D eigenvalue weighted by Gasteiger charge is -2.10. The van der Waals surface area contributed by atoms with Gasteiger partial charge in [0.1, 0.15) is 0 Å². The van der Waals surface area contributed by atoms with E-state index in [-0.39, 0.29) is 18.2 Å². The highest BCUT2D eigenvalue weighted by Gasteiger charge is 2.19. The minimum atomic E-state index is -3.67. The molecule has 0 amide bonds. The van der Waals surface area contributed by atoms with Gasteiger partial charge in [-0.15, -0.1) is 0 Å². The Kier molecular flexibility index (Phi) is 4.37. The first kappa shape index (κ1) is 17.6. The Morgan fingerprint density at radius 2 is 1.85 bits per heavy atom. The standard InChI is InChI=1S/C19H18N2O5S/c1-12-7-15(17-8-13(2)21-26-17)4-6-19(12)27(22,23)20-10-14-3-5-16-18(9-14)25-11-24-16/h3-9,20H,10-11H2,1-2H3. The molecule has 1 aliphatic rings. The van der Waals surface area contributed by atoms with Gasteiger partial charge in [0.05, 0.1) is 10.6 Å². The van der Waals surface area contributed by atoms with Crippen LogP contribution in [0.3, 0.4) is 0 Å². The zero-order valence-electron chi connectivity index (χ0n) is 14.9. The normalized spacial score (nSPS) is 13.1. The number of ether oxygens (including phenoxy) is 2. The van der Waals surface area contributed by atoms with E-state index < -0.39 is 10.0 Å². The predicted octanol–water partition coefficient (Wildman–Crippen LogP) is 3.17. The van der Waals surface area contributed by atoms with Crippen molar-refractivity contribution in [3.8, 4) is 22.8 Å². The number of rotatable bonds is 5. The quantitative estimate of drug-likeness (QED) is 0.724. The molecule has 0 bridgehead atoms. The molecule has 0 fully saturated rings. The third-order valence-electron chi connectivity index (χ3n) is 4.28. The summed E-state index contributed by atoms with van der Waals surface area (Å²) >= 11 is 0. The van der Waals surface area contributed by atoms with Gasteiger partial charge in [-0.05, 0) is 55.3 Å². The number of hydrogen-bond donors (Lipinski definition) is 1. The van der Waals surface area contributed by atoms with Gasteiger partial charge in [-0.3, -0.25) is 0 Å². The minimum Gasteiger partial charge on any atom is -0.454 e. The fourth-order valence-corrected chi connectivity index (χ4v) is 4.15. The van der Waals surface area contributed by atoms with Crippen molar-refractivity contribution >= 4 is 10.0 Å². The van der Waals surface area contributed by atoms with Crippen molar-refractivity contribution in [1.82, 2.24) is 9.88 Å². The summed E-state index contributed by atoms with van der Waals surface area (Å²) < 4.78 is 43.9. The average Bonchev–Trinajstić information content (AvgIpc) is 3.28. The Bertz CT molecular complexity index is 1110. The van der Waals surface area contributed by atoms with Crippen LogP contribution >= 0.6 is 0 Å². The van der Waals surface area contributed by atoms with Crippen LogP contribution < -0.4 is 14.2 Å². The SMILES string of the molecule is Cc1cc(-c2ccc(S(=O)(=O)NCc3ccc4c(c3)OCO4)c(C)c2)on1. The summed E-state index contributed by atoms with van der Waals surface area (Å²) in [6.07, 6.45) is 0. The molecule has 2 heterocycles. The van der Waals surface area contributed by atoms with E-state index in [1.165, 1.54) is 0 Å². The lowest BCUT2D eigenvalue weighted by molar-refractivity contribution is 0.174. The highest BCUT2D eigenvalue weighted by atomic mass is 32.2. The Morgan fingerprint density at radius 3 is 2.59 bits per heavy atom. The van der Waals surface area contributed by atoms with Gasteiger partial charge in [-0.25, -0.2) is 13.1 Å². The second-order valence-electron chi connectivity index (χ2n) is 6.32. The summed E-state index contributed by atoms with van der Waals surface area (Å²) in [5.74, 6) is 1.89. The van der Waals surface area contributed by atoms with Crippen molar-refractivity contribution in [3.05, 3.63) is 59.3 Å². The number of nitrogens with zero attached hydrogens (tertiary/aromatic N) is 1. The molecule has 3 aromatic rings. The molecular formula is C19H18N2O5S. The highest BCUT2D eigenvalue weighted by molar-refractivity contribution is 7.89. The van der Waals surface area contributed by atoms with Crippen molar-refractivity contribution in [1.29, 1.82) is 0 Å². The first-order valence-electron chi connectivity index (χ1n) is 8.35. The number of aromatic nitrogens is 1. The van der Waals surface area contributed by atoms with Gasteiger partial charge in [0.2, 0.25) is 16.8 Å². The summed E-state index contributed by atoms with van der Waals surface area (Å²) in [6, 6.07) is 12.2. The molecule has 1 aliphatic heterocycles. The van der Waals surface area contributed by atoms with Crippen LogP contribution in [0.25, 0.3) is 11.3 Å². The van der Waals surface area contributed by atoms with E-state index in [1.54, 1.807) is 49.4 Å². The topological polar surface area (TPSA) is 90.7 Å². The molecule has 0 atom stereocenters. The second-order valence-corrected chi connectivity index (χ2v) is 8.06. The second kappa shape index (κ2) is 6.71. The molecule has 0 aliphatic carbocycles. The molecule has 0 spiro atoms. The van der Waals surface area contributed by atoms with Gasteiger partial charge >= 0.3 is 0 Å². The van der Waals surface area contributed by atoms with Crippen LogP contribution in [0.2, 0.25) is 0 Å². The lowest BCUT2D eigenvalue weighted by atomic mass is 10.1. The van der Waals surface area contributed by atoms with Gasteiger partial charge in [0.15, 0.2) is 17.3 Å².